The van der Waals surface area contributed by atoms with Crippen molar-refractivity contribution in [2.24, 2.45) is 0 Å². The zero-order valence-electron chi connectivity index (χ0n) is 13.8. The molecule has 0 saturated carbocycles. The normalized spacial score (nSPS) is 9.84. The van der Waals surface area contributed by atoms with Crippen molar-refractivity contribution in [3.05, 3.63) is 52.5 Å². The first-order valence-corrected chi connectivity index (χ1v) is 7.75. The van der Waals surface area contributed by atoms with Crippen LogP contribution in [-0.2, 0) is 11.3 Å². The number of carbonyl (C=O) groups is 1. The van der Waals surface area contributed by atoms with E-state index in [1.807, 2.05) is 12.1 Å². The third-order valence-corrected chi connectivity index (χ3v) is 3.65. The predicted octanol–water partition coefficient (Wildman–Crippen LogP) is 2.92. The smallest absolute Gasteiger partial charge is 0.258 e. The van der Waals surface area contributed by atoms with Gasteiger partial charge in [0.25, 0.3) is 5.91 Å². The molecule has 0 aliphatic carbocycles. The molecule has 0 aliphatic rings. The fraction of sp³-hybridized carbons (Fsp3) is 0.222. The van der Waals surface area contributed by atoms with E-state index in [0.717, 1.165) is 5.56 Å². The predicted molar refractivity (Wildman–Crippen MR) is 93.1 cm³/mol. The first-order valence-electron chi connectivity index (χ1n) is 7.37. The van der Waals surface area contributed by atoms with Crippen LogP contribution in [-0.4, -0.2) is 26.7 Å². The maximum Gasteiger partial charge on any atom is 0.258 e. The number of nitrogens with zero attached hydrogens (tertiary/aromatic N) is 1. The Balaban J connectivity index is 1.88. The second-order valence-corrected chi connectivity index (χ2v) is 5.42. The van der Waals surface area contributed by atoms with Crippen LogP contribution in [0.1, 0.15) is 11.1 Å². The van der Waals surface area contributed by atoms with Crippen LogP contribution >= 0.6 is 11.6 Å². The Labute approximate surface area is 150 Å². The average Bonchev–Trinajstić information content (AvgIpc) is 2.64. The van der Waals surface area contributed by atoms with Crippen molar-refractivity contribution in [2.45, 2.75) is 6.54 Å². The number of hydrogen-bond acceptors (Lipinski definition) is 5. The molecule has 25 heavy (non-hydrogen) atoms. The van der Waals surface area contributed by atoms with Gasteiger partial charge in [0, 0.05) is 6.54 Å². The molecule has 1 amide bonds. The van der Waals surface area contributed by atoms with Gasteiger partial charge < -0.3 is 19.5 Å². The molecule has 0 saturated heterocycles. The molecule has 0 fully saturated rings. The van der Waals surface area contributed by atoms with Crippen molar-refractivity contribution in [3.8, 4) is 23.3 Å². The molecule has 2 aromatic rings. The maximum atomic E-state index is 11.9. The molecule has 6 nitrogen and oxygen atoms in total. The molecule has 0 aliphatic heterocycles. The highest BCUT2D eigenvalue weighted by molar-refractivity contribution is 6.32. The number of hydrogen-bond donors (Lipinski definition) is 1. The lowest BCUT2D eigenvalue weighted by atomic mass is 10.2. The second kappa shape index (κ2) is 8.81. The molecule has 0 spiro atoms. The topological polar surface area (TPSA) is 80.6 Å². The molecule has 0 unspecified atom stereocenters. The van der Waals surface area contributed by atoms with Gasteiger partial charge in [-0.3, -0.25) is 4.79 Å². The van der Waals surface area contributed by atoms with E-state index < -0.39 is 0 Å². The summed E-state index contributed by atoms with van der Waals surface area (Å²) in [5, 5.41) is 11.8. The third kappa shape index (κ3) is 5.03. The van der Waals surface area contributed by atoms with Crippen LogP contribution in [0.15, 0.2) is 36.4 Å². The highest BCUT2D eigenvalue weighted by Gasteiger charge is 2.08. The molecular weight excluding hydrogens is 344 g/mol. The summed E-state index contributed by atoms with van der Waals surface area (Å²) in [7, 11) is 3.11. The molecule has 1 N–H and O–H groups in total. The standard InChI is InChI=1S/C18H17ClN2O4/c1-23-16-6-4-13(8-17(16)24-2)10-21-18(22)11-25-15-5-3-12(9-20)7-14(15)19/h3-8H,10-11H2,1-2H3,(H,21,22). The number of carbonyl (C=O) groups excluding carboxylic acids is 1. The van der Waals surface area contributed by atoms with E-state index in [0.29, 0.717) is 29.4 Å². The van der Waals surface area contributed by atoms with Crippen molar-refractivity contribution in [3.63, 3.8) is 0 Å². The van der Waals surface area contributed by atoms with Crippen LogP contribution in [0.5, 0.6) is 17.2 Å². The lowest BCUT2D eigenvalue weighted by molar-refractivity contribution is -0.123. The number of ether oxygens (including phenoxy) is 3. The fourth-order valence-corrected chi connectivity index (χ4v) is 2.31. The Morgan fingerprint density at radius 1 is 1.12 bits per heavy atom. The Hall–Kier alpha value is -2.91. The molecule has 0 bridgehead atoms. The van der Waals surface area contributed by atoms with Gasteiger partial charge >= 0.3 is 0 Å². The number of halogens is 1. The van der Waals surface area contributed by atoms with Gasteiger partial charge in [-0.2, -0.15) is 5.26 Å². The lowest BCUT2D eigenvalue weighted by Crippen LogP contribution is -2.28. The van der Waals surface area contributed by atoms with Gasteiger partial charge in [-0.15, -0.1) is 0 Å². The summed E-state index contributed by atoms with van der Waals surface area (Å²) in [5.41, 5.74) is 1.29. The highest BCUT2D eigenvalue weighted by Crippen LogP contribution is 2.27. The molecule has 0 radical (unpaired) electrons. The highest BCUT2D eigenvalue weighted by atomic mass is 35.5. The van der Waals surface area contributed by atoms with Crippen LogP contribution in [0.25, 0.3) is 0 Å². The number of amides is 1. The minimum atomic E-state index is -0.296. The number of benzene rings is 2. The molecule has 0 aromatic heterocycles. The van der Waals surface area contributed by atoms with Crippen molar-refractivity contribution in [1.82, 2.24) is 5.32 Å². The van der Waals surface area contributed by atoms with Crippen LogP contribution < -0.4 is 19.5 Å². The van der Waals surface area contributed by atoms with E-state index in [9.17, 15) is 4.79 Å². The Bertz CT molecular complexity index is 802. The van der Waals surface area contributed by atoms with Crippen LogP contribution in [0.4, 0.5) is 0 Å². The summed E-state index contributed by atoms with van der Waals surface area (Å²) < 4.78 is 15.8. The van der Waals surface area contributed by atoms with E-state index in [1.54, 1.807) is 38.5 Å². The summed E-state index contributed by atoms with van der Waals surface area (Å²) in [6.07, 6.45) is 0. The zero-order chi connectivity index (χ0) is 18.2. The summed E-state index contributed by atoms with van der Waals surface area (Å²) >= 11 is 5.99. The fourth-order valence-electron chi connectivity index (χ4n) is 2.07. The van der Waals surface area contributed by atoms with Gasteiger partial charge in [0.05, 0.1) is 30.9 Å². The largest absolute Gasteiger partial charge is 0.493 e. The van der Waals surface area contributed by atoms with E-state index >= 15 is 0 Å². The molecule has 2 aromatic carbocycles. The van der Waals surface area contributed by atoms with Gasteiger partial charge in [-0.05, 0) is 35.9 Å². The Morgan fingerprint density at radius 2 is 1.84 bits per heavy atom. The average molecular weight is 361 g/mol. The molecule has 2 rings (SSSR count). The maximum absolute atomic E-state index is 11.9. The summed E-state index contributed by atoms with van der Waals surface area (Å²) in [5.74, 6) is 1.27. The quantitative estimate of drug-likeness (QED) is 0.821. The van der Waals surface area contributed by atoms with Gasteiger partial charge in [0.2, 0.25) is 0 Å². The summed E-state index contributed by atoms with van der Waals surface area (Å²) in [6, 6.07) is 12.0. The third-order valence-electron chi connectivity index (χ3n) is 3.36. The number of nitriles is 1. The Morgan fingerprint density at radius 3 is 2.48 bits per heavy atom. The number of rotatable bonds is 7. The van der Waals surface area contributed by atoms with E-state index in [-0.39, 0.29) is 17.5 Å². The van der Waals surface area contributed by atoms with E-state index in [4.69, 9.17) is 31.1 Å². The number of nitrogens with one attached hydrogen (secondary N) is 1. The van der Waals surface area contributed by atoms with E-state index in [2.05, 4.69) is 5.32 Å². The van der Waals surface area contributed by atoms with Crippen LogP contribution in [0.3, 0.4) is 0 Å². The summed E-state index contributed by atoms with van der Waals surface area (Å²) in [4.78, 5) is 11.9. The van der Waals surface area contributed by atoms with Crippen LogP contribution in [0.2, 0.25) is 5.02 Å². The monoisotopic (exact) mass is 360 g/mol. The molecular formula is C18H17ClN2O4. The van der Waals surface area contributed by atoms with Crippen molar-refractivity contribution >= 4 is 17.5 Å². The number of methoxy groups -OCH3 is 2. The minimum Gasteiger partial charge on any atom is -0.493 e. The van der Waals surface area contributed by atoms with Crippen LogP contribution in [0, 0.1) is 11.3 Å². The van der Waals surface area contributed by atoms with Gasteiger partial charge in [-0.1, -0.05) is 17.7 Å². The minimum absolute atomic E-state index is 0.182. The Kier molecular flexibility index (Phi) is 6.49. The molecule has 130 valence electrons. The first kappa shape index (κ1) is 18.4. The van der Waals surface area contributed by atoms with Gasteiger partial charge in [0.1, 0.15) is 5.75 Å². The SMILES string of the molecule is COc1ccc(CNC(=O)COc2ccc(C#N)cc2Cl)cc1OC. The molecule has 0 heterocycles. The van der Waals surface area contributed by atoms with Crippen molar-refractivity contribution in [2.75, 3.05) is 20.8 Å². The second-order valence-electron chi connectivity index (χ2n) is 5.01. The molecule has 0 atom stereocenters. The lowest BCUT2D eigenvalue weighted by Gasteiger charge is -2.11. The van der Waals surface area contributed by atoms with Crippen molar-refractivity contribution < 1.29 is 19.0 Å². The van der Waals surface area contributed by atoms with E-state index in [1.165, 1.54) is 6.07 Å². The van der Waals surface area contributed by atoms with Crippen molar-refractivity contribution in [1.29, 1.82) is 5.26 Å². The van der Waals surface area contributed by atoms with Gasteiger partial charge in [-0.25, -0.2) is 0 Å². The zero-order valence-corrected chi connectivity index (χ0v) is 14.6. The first-order chi connectivity index (χ1) is 12.1. The molecule has 7 heteroatoms. The van der Waals surface area contributed by atoms with Gasteiger partial charge in [0.15, 0.2) is 18.1 Å². The summed E-state index contributed by atoms with van der Waals surface area (Å²) in [6.45, 7) is 0.141.